The quantitative estimate of drug-likeness (QED) is 0.205. The van der Waals surface area contributed by atoms with Crippen LogP contribution in [0.3, 0.4) is 0 Å². The number of rotatable bonds is 10. The number of ether oxygens (including phenoxy) is 3. The number of nitrogens with one attached hydrogen (secondary N) is 1. The monoisotopic (exact) mass is 573 g/mol. The highest BCUT2D eigenvalue weighted by atomic mass is 32.1. The third kappa shape index (κ3) is 6.14. The van der Waals surface area contributed by atoms with Crippen molar-refractivity contribution in [1.29, 1.82) is 0 Å². The SMILES string of the molecule is CCCCC(C)OC(=O)Nc1ccc(-c2c(-c3cscn3)c3ccc(OC4CCOCC4)cc3n2C2CCC2)cc1. The van der Waals surface area contributed by atoms with Crippen molar-refractivity contribution in [3.05, 3.63) is 53.4 Å². The van der Waals surface area contributed by atoms with E-state index in [4.69, 9.17) is 19.2 Å². The number of hydrogen-bond donors (Lipinski definition) is 1. The molecule has 6 rings (SSSR count). The molecule has 41 heavy (non-hydrogen) atoms. The first kappa shape index (κ1) is 27.8. The fourth-order valence-corrected chi connectivity index (χ4v) is 6.39. The van der Waals surface area contributed by atoms with Crippen molar-refractivity contribution >= 4 is 34.0 Å². The molecular formula is C33H39N3O4S. The average molecular weight is 574 g/mol. The molecule has 1 aliphatic heterocycles. The zero-order chi connectivity index (χ0) is 28.2. The lowest BCUT2D eigenvalue weighted by molar-refractivity contribution is 0.0256. The van der Waals surface area contributed by atoms with E-state index in [0.29, 0.717) is 6.04 Å². The van der Waals surface area contributed by atoms with Crippen molar-refractivity contribution < 1.29 is 19.0 Å². The molecule has 0 bridgehead atoms. The normalized spacial score (nSPS) is 16.8. The number of thiazole rings is 1. The van der Waals surface area contributed by atoms with Gasteiger partial charge in [-0.1, -0.05) is 31.9 Å². The zero-order valence-corrected chi connectivity index (χ0v) is 24.8. The summed E-state index contributed by atoms with van der Waals surface area (Å²) >= 11 is 1.61. The minimum Gasteiger partial charge on any atom is -0.490 e. The number of aromatic nitrogens is 2. The molecule has 0 radical (unpaired) electrons. The highest BCUT2D eigenvalue weighted by Gasteiger charge is 2.29. The van der Waals surface area contributed by atoms with Gasteiger partial charge in [0.2, 0.25) is 0 Å². The van der Waals surface area contributed by atoms with E-state index in [1.165, 1.54) is 23.0 Å². The van der Waals surface area contributed by atoms with Crippen molar-refractivity contribution in [3.8, 4) is 28.3 Å². The lowest BCUT2D eigenvalue weighted by Crippen LogP contribution is -2.25. The molecule has 8 heteroatoms. The summed E-state index contributed by atoms with van der Waals surface area (Å²) in [7, 11) is 0. The van der Waals surface area contributed by atoms with Crippen LogP contribution < -0.4 is 10.1 Å². The summed E-state index contributed by atoms with van der Waals surface area (Å²) in [5.41, 5.74) is 8.20. The predicted molar refractivity (Wildman–Crippen MR) is 165 cm³/mol. The third-order valence-electron chi connectivity index (χ3n) is 8.25. The van der Waals surface area contributed by atoms with Gasteiger partial charge in [0, 0.05) is 47.0 Å². The molecule has 2 aliphatic rings. The molecule has 1 saturated carbocycles. The highest BCUT2D eigenvalue weighted by molar-refractivity contribution is 7.07. The summed E-state index contributed by atoms with van der Waals surface area (Å²) in [5.74, 6) is 0.907. The van der Waals surface area contributed by atoms with E-state index in [2.05, 4.69) is 52.5 Å². The van der Waals surface area contributed by atoms with E-state index >= 15 is 0 Å². The molecule has 1 aliphatic carbocycles. The van der Waals surface area contributed by atoms with Gasteiger partial charge in [-0.15, -0.1) is 11.3 Å². The van der Waals surface area contributed by atoms with Gasteiger partial charge in [0.1, 0.15) is 18.0 Å². The Kier molecular flexibility index (Phi) is 8.58. The van der Waals surface area contributed by atoms with Crippen molar-refractivity contribution in [3.63, 3.8) is 0 Å². The topological polar surface area (TPSA) is 74.6 Å². The Bertz CT molecular complexity index is 1450. The lowest BCUT2D eigenvalue weighted by Gasteiger charge is -2.30. The maximum Gasteiger partial charge on any atom is 0.411 e. The number of amides is 1. The maximum absolute atomic E-state index is 12.5. The van der Waals surface area contributed by atoms with Crippen LogP contribution in [0.5, 0.6) is 5.75 Å². The van der Waals surface area contributed by atoms with Gasteiger partial charge in [-0.25, -0.2) is 9.78 Å². The van der Waals surface area contributed by atoms with Gasteiger partial charge in [-0.2, -0.15) is 0 Å². The van der Waals surface area contributed by atoms with Crippen LogP contribution in [0.1, 0.15) is 71.3 Å². The van der Waals surface area contributed by atoms with Gasteiger partial charge < -0.3 is 18.8 Å². The number of benzene rings is 2. The first-order chi connectivity index (χ1) is 20.1. The second kappa shape index (κ2) is 12.7. The van der Waals surface area contributed by atoms with Crippen molar-refractivity contribution in [2.75, 3.05) is 18.5 Å². The summed E-state index contributed by atoms with van der Waals surface area (Å²) in [5, 5.41) is 6.21. The number of unbranched alkanes of at least 4 members (excludes halogenated alkanes) is 1. The standard InChI is InChI=1S/C33H39N3O4S/c1-3-4-6-22(2)39-33(37)35-24-11-9-23(10-12-24)32-31(29-20-41-21-34-29)28-14-13-27(40-26-15-17-38-18-16-26)19-30(28)36(32)25-7-5-8-25/h9-14,19-22,25-26H,3-8,15-18H2,1-2H3,(H,35,37). The Hall–Kier alpha value is -3.36. The number of fused-ring (bicyclic) bond motifs is 1. The fraction of sp³-hybridized carbons (Fsp3) is 0.455. The summed E-state index contributed by atoms with van der Waals surface area (Å²) in [6.07, 6.45) is 8.05. The Morgan fingerprint density at radius 2 is 1.95 bits per heavy atom. The van der Waals surface area contributed by atoms with Crippen molar-refractivity contribution in [2.24, 2.45) is 0 Å². The lowest BCUT2D eigenvalue weighted by atomic mass is 9.92. The van der Waals surface area contributed by atoms with Crippen LogP contribution in [0.25, 0.3) is 33.4 Å². The van der Waals surface area contributed by atoms with Crippen LogP contribution in [0, 0.1) is 0 Å². The molecule has 3 heterocycles. The van der Waals surface area contributed by atoms with Crippen LogP contribution in [0.15, 0.2) is 53.4 Å². The largest absolute Gasteiger partial charge is 0.490 e. The molecule has 1 amide bonds. The average Bonchev–Trinajstić information content (AvgIpc) is 3.59. The maximum atomic E-state index is 12.5. The van der Waals surface area contributed by atoms with Crippen molar-refractivity contribution in [2.45, 2.75) is 83.5 Å². The first-order valence-corrected chi connectivity index (χ1v) is 15.9. The zero-order valence-electron chi connectivity index (χ0n) is 23.9. The van der Waals surface area contributed by atoms with E-state index in [0.717, 1.165) is 86.4 Å². The number of hydrogen-bond acceptors (Lipinski definition) is 6. The summed E-state index contributed by atoms with van der Waals surface area (Å²) in [6.45, 7) is 5.59. The third-order valence-corrected chi connectivity index (χ3v) is 8.84. The molecule has 216 valence electrons. The van der Waals surface area contributed by atoms with Gasteiger partial charge in [-0.05, 0) is 62.4 Å². The van der Waals surface area contributed by atoms with Crippen LogP contribution in [0.2, 0.25) is 0 Å². The number of anilines is 1. The second-order valence-electron chi connectivity index (χ2n) is 11.2. The Balaban J connectivity index is 1.35. The Morgan fingerprint density at radius 3 is 2.63 bits per heavy atom. The minimum atomic E-state index is -0.412. The molecule has 1 saturated heterocycles. The number of nitrogens with zero attached hydrogens (tertiary/aromatic N) is 2. The van der Waals surface area contributed by atoms with Crippen LogP contribution >= 0.6 is 11.3 Å². The van der Waals surface area contributed by atoms with Crippen LogP contribution in [-0.2, 0) is 9.47 Å². The molecule has 1 unspecified atom stereocenters. The Morgan fingerprint density at radius 1 is 1.15 bits per heavy atom. The van der Waals surface area contributed by atoms with E-state index in [1.807, 2.05) is 24.6 Å². The molecule has 4 aromatic rings. The van der Waals surface area contributed by atoms with Crippen LogP contribution in [-0.4, -0.2) is 41.1 Å². The van der Waals surface area contributed by atoms with Gasteiger partial charge in [-0.3, -0.25) is 5.32 Å². The van der Waals surface area contributed by atoms with E-state index in [9.17, 15) is 4.79 Å². The summed E-state index contributed by atoms with van der Waals surface area (Å²) < 4.78 is 20.0. The molecule has 2 aromatic carbocycles. The fourth-order valence-electron chi connectivity index (χ4n) is 5.85. The van der Waals surface area contributed by atoms with E-state index in [1.54, 1.807) is 11.3 Å². The molecule has 1 N–H and O–H groups in total. The molecule has 1 atom stereocenters. The van der Waals surface area contributed by atoms with E-state index < -0.39 is 6.09 Å². The highest BCUT2D eigenvalue weighted by Crippen LogP contribution is 2.47. The van der Waals surface area contributed by atoms with Gasteiger partial charge in [0.05, 0.1) is 35.6 Å². The van der Waals surface area contributed by atoms with Gasteiger partial charge in [0.15, 0.2) is 0 Å². The molecule has 2 fully saturated rings. The van der Waals surface area contributed by atoms with E-state index in [-0.39, 0.29) is 12.2 Å². The molecule has 7 nitrogen and oxygen atoms in total. The van der Waals surface area contributed by atoms with Crippen LogP contribution in [0.4, 0.5) is 10.5 Å². The molecular weight excluding hydrogens is 534 g/mol. The van der Waals surface area contributed by atoms with Crippen molar-refractivity contribution in [1.82, 2.24) is 9.55 Å². The summed E-state index contributed by atoms with van der Waals surface area (Å²) in [4.78, 5) is 17.2. The smallest absolute Gasteiger partial charge is 0.411 e. The minimum absolute atomic E-state index is 0.103. The van der Waals surface area contributed by atoms with Gasteiger partial charge in [0.25, 0.3) is 0 Å². The van der Waals surface area contributed by atoms with Gasteiger partial charge >= 0.3 is 6.09 Å². The predicted octanol–water partition coefficient (Wildman–Crippen LogP) is 8.84. The first-order valence-electron chi connectivity index (χ1n) is 15.0. The Labute approximate surface area is 245 Å². The summed E-state index contributed by atoms with van der Waals surface area (Å²) in [6, 6.07) is 15.0. The molecule has 0 spiro atoms. The number of carbonyl (C=O) groups is 1. The number of carbonyl (C=O) groups excluding carboxylic acids is 1. The molecule has 2 aromatic heterocycles. The second-order valence-corrected chi connectivity index (χ2v) is 11.9.